The fourth-order valence-corrected chi connectivity index (χ4v) is 2.62. The zero-order valence-corrected chi connectivity index (χ0v) is 16.1. The molecule has 0 aliphatic heterocycles. The summed E-state index contributed by atoms with van der Waals surface area (Å²) in [5, 5.41) is 2.74. The Morgan fingerprint density at radius 3 is 2.71 bits per heavy atom. The summed E-state index contributed by atoms with van der Waals surface area (Å²) in [5.74, 6) is 6.85. The van der Waals surface area contributed by atoms with Gasteiger partial charge in [-0.15, -0.1) is 0 Å². The van der Waals surface area contributed by atoms with E-state index in [2.05, 4.69) is 49.0 Å². The van der Waals surface area contributed by atoms with Crippen LogP contribution >= 0.6 is 31.9 Å². The average Bonchev–Trinajstić information content (AvgIpc) is 2.58. The molecule has 2 aromatic carbocycles. The third kappa shape index (κ3) is 5.59. The number of hydrogen-bond acceptors (Lipinski definition) is 3. The van der Waals surface area contributed by atoms with Crippen LogP contribution in [0.25, 0.3) is 0 Å². The van der Waals surface area contributed by atoms with Gasteiger partial charge in [-0.25, -0.2) is 0 Å². The number of ether oxygens (including phenoxy) is 2. The molecule has 6 heteroatoms. The monoisotopic (exact) mass is 451 g/mol. The maximum atomic E-state index is 12.1. The lowest BCUT2D eigenvalue weighted by Crippen LogP contribution is -2.24. The van der Waals surface area contributed by atoms with Crippen LogP contribution in [0.15, 0.2) is 51.4 Å². The normalized spacial score (nSPS) is 9.62. The molecule has 0 bridgehead atoms. The van der Waals surface area contributed by atoms with E-state index in [4.69, 9.17) is 9.47 Å². The van der Waals surface area contributed by atoms with Gasteiger partial charge in [-0.3, -0.25) is 4.79 Å². The van der Waals surface area contributed by atoms with E-state index in [0.717, 1.165) is 10.2 Å². The summed E-state index contributed by atoms with van der Waals surface area (Å²) in [6.07, 6.45) is 0. The van der Waals surface area contributed by atoms with E-state index in [-0.39, 0.29) is 19.1 Å². The van der Waals surface area contributed by atoms with Crippen LogP contribution in [0.5, 0.6) is 11.5 Å². The molecule has 1 N–H and O–H groups in total. The van der Waals surface area contributed by atoms with Crippen molar-refractivity contribution in [1.29, 1.82) is 0 Å². The average molecular weight is 453 g/mol. The van der Waals surface area contributed by atoms with Crippen molar-refractivity contribution in [2.24, 2.45) is 0 Å². The number of benzene rings is 2. The molecule has 0 atom stereocenters. The molecule has 0 aliphatic rings. The first kappa shape index (κ1) is 18.4. The van der Waals surface area contributed by atoms with Crippen molar-refractivity contribution < 1.29 is 14.3 Å². The summed E-state index contributed by atoms with van der Waals surface area (Å²) in [7, 11) is 1.56. The van der Waals surface area contributed by atoms with Crippen molar-refractivity contribution in [3.05, 3.63) is 57.0 Å². The van der Waals surface area contributed by atoms with E-state index in [1.54, 1.807) is 25.3 Å². The van der Waals surface area contributed by atoms with Gasteiger partial charge in [-0.1, -0.05) is 33.8 Å². The Hall–Kier alpha value is -1.97. The second-order valence-corrected chi connectivity index (χ2v) is 6.40. The van der Waals surface area contributed by atoms with Crippen LogP contribution in [0.1, 0.15) is 10.4 Å². The molecule has 124 valence electrons. The minimum absolute atomic E-state index is 0.219. The number of carbonyl (C=O) groups excluding carboxylic acids is 1. The van der Waals surface area contributed by atoms with Crippen molar-refractivity contribution in [3.63, 3.8) is 0 Å². The molecule has 0 radical (unpaired) electrons. The lowest BCUT2D eigenvalue weighted by molar-refractivity contribution is 0.0957. The van der Waals surface area contributed by atoms with Gasteiger partial charge < -0.3 is 14.8 Å². The highest BCUT2D eigenvalue weighted by atomic mass is 79.9. The quantitative estimate of drug-likeness (QED) is 0.696. The highest BCUT2D eigenvalue weighted by Crippen LogP contribution is 2.22. The number of carbonyl (C=O) groups is 1. The van der Waals surface area contributed by atoms with Crippen LogP contribution in [0.2, 0.25) is 0 Å². The SMILES string of the molecule is COc1ccc(Br)c(C(=O)NCC#CCOc2cccc(Br)c2)c1. The van der Waals surface area contributed by atoms with Crippen LogP contribution in [0, 0.1) is 11.8 Å². The number of nitrogens with one attached hydrogen (secondary N) is 1. The van der Waals surface area contributed by atoms with Gasteiger partial charge in [-0.05, 0) is 52.3 Å². The van der Waals surface area contributed by atoms with Crippen LogP contribution in [-0.2, 0) is 0 Å². The molecule has 0 fully saturated rings. The highest BCUT2D eigenvalue weighted by molar-refractivity contribution is 9.10. The predicted molar refractivity (Wildman–Crippen MR) is 100 cm³/mol. The topological polar surface area (TPSA) is 47.6 Å². The predicted octanol–water partition coefficient (Wildman–Crippen LogP) is 4.03. The van der Waals surface area contributed by atoms with E-state index >= 15 is 0 Å². The van der Waals surface area contributed by atoms with Crippen LogP contribution in [0.3, 0.4) is 0 Å². The van der Waals surface area contributed by atoms with Crippen LogP contribution < -0.4 is 14.8 Å². The second-order valence-electron chi connectivity index (χ2n) is 4.63. The Labute approximate surface area is 157 Å². The van der Waals surface area contributed by atoms with Gasteiger partial charge in [0.15, 0.2) is 0 Å². The zero-order valence-electron chi connectivity index (χ0n) is 12.9. The van der Waals surface area contributed by atoms with E-state index in [9.17, 15) is 4.79 Å². The van der Waals surface area contributed by atoms with E-state index < -0.39 is 0 Å². The first-order valence-corrected chi connectivity index (χ1v) is 8.64. The summed E-state index contributed by atoms with van der Waals surface area (Å²) in [6, 6.07) is 12.7. The third-order valence-electron chi connectivity index (χ3n) is 2.99. The third-order valence-corrected chi connectivity index (χ3v) is 4.17. The smallest absolute Gasteiger partial charge is 0.253 e. The fourth-order valence-electron chi connectivity index (χ4n) is 1.81. The van der Waals surface area contributed by atoms with Crippen LogP contribution in [0.4, 0.5) is 0 Å². The lowest BCUT2D eigenvalue weighted by Gasteiger charge is -2.06. The summed E-state index contributed by atoms with van der Waals surface area (Å²) in [4.78, 5) is 12.1. The molecule has 2 aromatic rings. The summed E-state index contributed by atoms with van der Waals surface area (Å²) >= 11 is 6.72. The number of halogens is 2. The standard InChI is InChI=1S/C18H15Br2NO3/c1-23-14-7-8-17(20)16(12-14)18(22)21-9-2-3-10-24-15-6-4-5-13(19)11-15/h4-8,11-12H,9-10H2,1H3,(H,21,22). The summed E-state index contributed by atoms with van der Waals surface area (Å²) < 4.78 is 12.3. The van der Waals surface area contributed by atoms with E-state index in [1.165, 1.54) is 0 Å². The highest BCUT2D eigenvalue weighted by Gasteiger charge is 2.10. The van der Waals surface area contributed by atoms with Crippen molar-refractivity contribution in [1.82, 2.24) is 5.32 Å². The Kier molecular flexibility index (Phi) is 7.16. The lowest BCUT2D eigenvalue weighted by atomic mass is 10.2. The Morgan fingerprint density at radius 2 is 1.96 bits per heavy atom. The first-order valence-electron chi connectivity index (χ1n) is 7.06. The maximum absolute atomic E-state index is 12.1. The maximum Gasteiger partial charge on any atom is 0.253 e. The largest absolute Gasteiger partial charge is 0.497 e. The van der Waals surface area contributed by atoms with Gasteiger partial charge >= 0.3 is 0 Å². The molecular weight excluding hydrogens is 438 g/mol. The van der Waals surface area contributed by atoms with Gasteiger partial charge in [0.05, 0.1) is 19.2 Å². The van der Waals surface area contributed by atoms with Gasteiger partial charge in [0.1, 0.15) is 18.1 Å². The van der Waals surface area contributed by atoms with Crippen molar-refractivity contribution in [3.8, 4) is 23.3 Å². The molecule has 0 unspecified atom stereocenters. The Balaban J connectivity index is 1.81. The molecular formula is C18H15Br2NO3. The summed E-state index contributed by atoms with van der Waals surface area (Å²) in [5.41, 5.74) is 0.501. The Bertz CT molecular complexity index is 781. The molecule has 0 aromatic heterocycles. The molecule has 0 saturated carbocycles. The van der Waals surface area contributed by atoms with Crippen molar-refractivity contribution in [2.45, 2.75) is 0 Å². The van der Waals surface area contributed by atoms with Crippen molar-refractivity contribution >= 4 is 37.8 Å². The molecule has 4 nitrogen and oxygen atoms in total. The molecule has 0 saturated heterocycles. The van der Waals surface area contributed by atoms with Gasteiger partial charge in [0.25, 0.3) is 5.91 Å². The van der Waals surface area contributed by atoms with Crippen molar-refractivity contribution in [2.75, 3.05) is 20.3 Å². The van der Waals surface area contributed by atoms with E-state index in [1.807, 2.05) is 24.3 Å². The minimum atomic E-state index is -0.219. The molecule has 2 rings (SSSR count). The molecule has 24 heavy (non-hydrogen) atoms. The summed E-state index contributed by atoms with van der Waals surface area (Å²) in [6.45, 7) is 0.500. The number of methoxy groups -OCH3 is 1. The minimum Gasteiger partial charge on any atom is -0.497 e. The second kappa shape index (κ2) is 9.36. The van der Waals surface area contributed by atoms with Crippen LogP contribution in [-0.4, -0.2) is 26.2 Å². The molecule has 1 amide bonds. The molecule has 0 heterocycles. The number of hydrogen-bond donors (Lipinski definition) is 1. The Morgan fingerprint density at radius 1 is 1.12 bits per heavy atom. The van der Waals surface area contributed by atoms with Gasteiger partial charge in [0.2, 0.25) is 0 Å². The van der Waals surface area contributed by atoms with Gasteiger partial charge in [0, 0.05) is 8.95 Å². The first-order chi connectivity index (χ1) is 11.6. The fraction of sp³-hybridized carbons (Fsp3) is 0.167. The molecule has 0 aliphatic carbocycles. The zero-order chi connectivity index (χ0) is 17.4. The number of amides is 1. The van der Waals surface area contributed by atoms with Gasteiger partial charge in [-0.2, -0.15) is 0 Å². The molecule has 0 spiro atoms. The van der Waals surface area contributed by atoms with E-state index in [0.29, 0.717) is 15.8 Å². The number of rotatable bonds is 5.